The van der Waals surface area contributed by atoms with Gasteiger partial charge < -0.3 is 4.74 Å². The average Bonchev–Trinajstić information content (AvgIpc) is 3.07. The van der Waals surface area contributed by atoms with Crippen LogP contribution in [-0.2, 0) is 6.54 Å². The largest absolute Gasteiger partial charge is 0.497 e. The number of benzene rings is 2. The number of hydrogen-bond acceptors (Lipinski definition) is 5. The highest BCUT2D eigenvalue weighted by molar-refractivity contribution is 5.90. The quantitative estimate of drug-likeness (QED) is 0.471. The monoisotopic (exact) mass is 357 g/mol. The highest BCUT2D eigenvalue weighted by Gasteiger charge is 2.13. The number of aryl methyl sites for hydroxylation is 1. The topological polar surface area (TPSA) is 64.7 Å². The molecule has 0 atom stereocenters. The van der Waals surface area contributed by atoms with Crippen LogP contribution in [0.1, 0.15) is 11.3 Å². The molecule has 0 aliphatic heterocycles. The molecule has 0 radical (unpaired) electrons. The van der Waals surface area contributed by atoms with E-state index >= 15 is 0 Å². The van der Waals surface area contributed by atoms with Crippen molar-refractivity contribution in [1.29, 1.82) is 0 Å². The average molecular weight is 357 g/mol. The molecule has 0 saturated heterocycles. The van der Waals surface area contributed by atoms with Crippen LogP contribution in [0.5, 0.6) is 5.75 Å². The zero-order valence-corrected chi connectivity index (χ0v) is 15.2. The third-order valence-corrected chi connectivity index (χ3v) is 4.31. The Kier molecular flexibility index (Phi) is 4.61. The lowest BCUT2D eigenvalue weighted by molar-refractivity contribution is 0.414. The molecule has 6 heteroatoms. The van der Waals surface area contributed by atoms with Crippen molar-refractivity contribution in [1.82, 2.24) is 14.8 Å². The molecule has 0 amide bonds. The minimum absolute atomic E-state index is 0.500. The molecule has 27 heavy (non-hydrogen) atoms. The fraction of sp³-hybridized carbons (Fsp3) is 0.143. The van der Waals surface area contributed by atoms with Crippen LogP contribution in [0.15, 0.2) is 77.1 Å². The summed E-state index contributed by atoms with van der Waals surface area (Å²) >= 11 is 0. The summed E-state index contributed by atoms with van der Waals surface area (Å²) in [6.07, 6.45) is 1.74. The number of azo groups is 1. The number of para-hydroxylation sites is 1. The van der Waals surface area contributed by atoms with Crippen molar-refractivity contribution >= 4 is 16.7 Å². The Bertz CT molecular complexity index is 1080. The van der Waals surface area contributed by atoms with E-state index in [-0.39, 0.29) is 0 Å². The smallest absolute Gasteiger partial charge is 0.165 e. The molecule has 0 saturated carbocycles. The van der Waals surface area contributed by atoms with Gasteiger partial charge in [0.2, 0.25) is 0 Å². The summed E-state index contributed by atoms with van der Waals surface area (Å²) in [6, 6.07) is 19.6. The van der Waals surface area contributed by atoms with Gasteiger partial charge >= 0.3 is 0 Å². The first-order chi connectivity index (χ1) is 13.3. The van der Waals surface area contributed by atoms with Crippen LogP contribution in [0.25, 0.3) is 16.7 Å². The Hall–Kier alpha value is -3.54. The molecular formula is C21H19N5O. The van der Waals surface area contributed by atoms with Crippen molar-refractivity contribution in [3.05, 3.63) is 78.1 Å². The number of pyridine rings is 1. The molecular weight excluding hydrogens is 338 g/mol. The molecule has 2 aromatic carbocycles. The van der Waals surface area contributed by atoms with E-state index in [1.54, 1.807) is 13.3 Å². The summed E-state index contributed by atoms with van der Waals surface area (Å²) in [4.78, 5) is 4.51. The van der Waals surface area contributed by atoms with Gasteiger partial charge in [0.25, 0.3) is 0 Å². The molecule has 0 spiro atoms. The minimum Gasteiger partial charge on any atom is -0.497 e. The maximum Gasteiger partial charge on any atom is 0.165 e. The van der Waals surface area contributed by atoms with E-state index in [9.17, 15) is 0 Å². The SMILES string of the molecule is COc1ccc(CN=Nc2ccnc3c2c(C)nn3-c2ccccc2)cc1. The summed E-state index contributed by atoms with van der Waals surface area (Å²) in [5.74, 6) is 0.829. The second-order valence-electron chi connectivity index (χ2n) is 6.11. The van der Waals surface area contributed by atoms with E-state index in [1.807, 2.05) is 72.3 Å². The number of fused-ring (bicyclic) bond motifs is 1. The van der Waals surface area contributed by atoms with Gasteiger partial charge in [-0.15, -0.1) is 0 Å². The van der Waals surface area contributed by atoms with Crippen LogP contribution in [0.4, 0.5) is 5.69 Å². The molecule has 4 aromatic rings. The van der Waals surface area contributed by atoms with Crippen LogP contribution < -0.4 is 4.74 Å². The first-order valence-corrected chi connectivity index (χ1v) is 8.66. The lowest BCUT2D eigenvalue weighted by Crippen LogP contribution is -1.96. The van der Waals surface area contributed by atoms with Crippen LogP contribution in [-0.4, -0.2) is 21.9 Å². The fourth-order valence-corrected chi connectivity index (χ4v) is 2.95. The van der Waals surface area contributed by atoms with Crippen molar-refractivity contribution in [3.63, 3.8) is 0 Å². The van der Waals surface area contributed by atoms with E-state index in [2.05, 4.69) is 20.3 Å². The van der Waals surface area contributed by atoms with Crippen molar-refractivity contribution in [2.24, 2.45) is 10.2 Å². The van der Waals surface area contributed by atoms with Gasteiger partial charge in [-0.05, 0) is 42.8 Å². The minimum atomic E-state index is 0.500. The van der Waals surface area contributed by atoms with Crippen molar-refractivity contribution < 1.29 is 4.74 Å². The van der Waals surface area contributed by atoms with Gasteiger partial charge in [0, 0.05) is 6.20 Å². The van der Waals surface area contributed by atoms with Crippen LogP contribution >= 0.6 is 0 Å². The highest BCUT2D eigenvalue weighted by atomic mass is 16.5. The van der Waals surface area contributed by atoms with Crippen LogP contribution in [0.2, 0.25) is 0 Å². The lowest BCUT2D eigenvalue weighted by Gasteiger charge is -2.02. The Morgan fingerprint density at radius 3 is 2.52 bits per heavy atom. The highest BCUT2D eigenvalue weighted by Crippen LogP contribution is 2.29. The molecule has 0 aliphatic carbocycles. The summed E-state index contributed by atoms with van der Waals surface area (Å²) in [5, 5.41) is 14.4. The zero-order chi connectivity index (χ0) is 18.6. The second kappa shape index (κ2) is 7.37. The maximum absolute atomic E-state index is 5.17. The Morgan fingerprint density at radius 1 is 1.00 bits per heavy atom. The van der Waals surface area contributed by atoms with Gasteiger partial charge in [0.15, 0.2) is 5.65 Å². The van der Waals surface area contributed by atoms with E-state index in [4.69, 9.17) is 4.74 Å². The lowest BCUT2D eigenvalue weighted by atomic mass is 10.2. The zero-order valence-electron chi connectivity index (χ0n) is 15.2. The molecule has 6 nitrogen and oxygen atoms in total. The Balaban J connectivity index is 1.65. The molecule has 2 aromatic heterocycles. The van der Waals surface area contributed by atoms with Gasteiger partial charge in [0.1, 0.15) is 5.75 Å². The normalized spacial score (nSPS) is 11.3. The molecule has 0 aliphatic rings. The molecule has 0 N–H and O–H groups in total. The third kappa shape index (κ3) is 3.42. The number of nitrogens with zero attached hydrogens (tertiary/aromatic N) is 5. The maximum atomic E-state index is 5.17. The Morgan fingerprint density at radius 2 is 1.78 bits per heavy atom. The molecule has 0 bridgehead atoms. The first-order valence-electron chi connectivity index (χ1n) is 8.66. The van der Waals surface area contributed by atoms with Gasteiger partial charge in [0.05, 0.1) is 36.1 Å². The van der Waals surface area contributed by atoms with Crippen molar-refractivity contribution in [2.45, 2.75) is 13.5 Å². The van der Waals surface area contributed by atoms with Gasteiger partial charge in [-0.25, -0.2) is 9.67 Å². The molecule has 0 unspecified atom stereocenters. The number of hydrogen-bond donors (Lipinski definition) is 0. The molecule has 2 heterocycles. The van der Waals surface area contributed by atoms with Crippen LogP contribution in [0, 0.1) is 6.92 Å². The van der Waals surface area contributed by atoms with Crippen LogP contribution in [0.3, 0.4) is 0 Å². The predicted molar refractivity (Wildman–Crippen MR) is 105 cm³/mol. The van der Waals surface area contributed by atoms with Crippen molar-refractivity contribution in [3.8, 4) is 11.4 Å². The van der Waals surface area contributed by atoms with E-state index in [1.165, 1.54) is 0 Å². The standard InChI is InChI=1S/C21H19N5O/c1-15-20-19(24-23-14-16-8-10-18(27-2)11-9-16)12-13-22-21(20)26(25-15)17-6-4-3-5-7-17/h3-13H,14H2,1-2H3. The fourth-order valence-electron chi connectivity index (χ4n) is 2.95. The predicted octanol–water partition coefficient (Wildman–Crippen LogP) is 5.02. The summed E-state index contributed by atoms with van der Waals surface area (Å²) in [6.45, 7) is 2.46. The van der Waals surface area contributed by atoms with Gasteiger partial charge in [-0.2, -0.15) is 15.3 Å². The van der Waals surface area contributed by atoms with Crippen molar-refractivity contribution in [2.75, 3.05) is 7.11 Å². The third-order valence-electron chi connectivity index (χ3n) is 4.31. The number of rotatable bonds is 5. The van der Waals surface area contributed by atoms with E-state index < -0.39 is 0 Å². The van der Waals surface area contributed by atoms with Gasteiger partial charge in [-0.3, -0.25) is 0 Å². The second-order valence-corrected chi connectivity index (χ2v) is 6.11. The number of methoxy groups -OCH3 is 1. The summed E-state index contributed by atoms with van der Waals surface area (Å²) in [5.41, 5.74) is 4.46. The van der Waals surface area contributed by atoms with E-state index in [0.29, 0.717) is 6.54 Å². The molecule has 0 fully saturated rings. The first kappa shape index (κ1) is 16.9. The molecule has 134 valence electrons. The number of ether oxygens (including phenoxy) is 1. The Labute approximate surface area is 157 Å². The number of aromatic nitrogens is 3. The van der Waals surface area contributed by atoms with Gasteiger partial charge in [-0.1, -0.05) is 30.3 Å². The van der Waals surface area contributed by atoms with E-state index in [0.717, 1.165) is 39.4 Å². The molecule has 4 rings (SSSR count). The summed E-state index contributed by atoms with van der Waals surface area (Å²) < 4.78 is 7.01. The summed E-state index contributed by atoms with van der Waals surface area (Å²) in [7, 11) is 1.65.